The molecule has 1 aromatic heterocycles. The first-order valence-corrected chi connectivity index (χ1v) is 6.15. The Morgan fingerprint density at radius 1 is 1.16 bits per heavy atom. The summed E-state index contributed by atoms with van der Waals surface area (Å²) in [7, 11) is 0. The summed E-state index contributed by atoms with van der Waals surface area (Å²) in [6.45, 7) is 1.32. The van der Waals surface area contributed by atoms with Gasteiger partial charge in [-0.15, -0.1) is 0 Å². The fourth-order valence-corrected chi connectivity index (χ4v) is 1.95. The summed E-state index contributed by atoms with van der Waals surface area (Å²) in [6.07, 6.45) is -5.61. The topological polar surface area (TPSA) is 110 Å². The van der Waals surface area contributed by atoms with Crippen LogP contribution in [0.2, 0.25) is 5.02 Å². The van der Waals surface area contributed by atoms with E-state index in [0.717, 1.165) is 0 Å². The standard InChI is InChI=1S/C12H15ClN2O4/c1-5(16)9(17)10(18)11(19)12-14-7-3-2-6(13)4-8(7)15-12/h2-5,9-11,16-19H,1H3,(H,14,15)/t5-,9-,10+,11+/m1/s1. The molecule has 0 aliphatic rings. The molecule has 4 atom stereocenters. The third-order valence-corrected chi connectivity index (χ3v) is 3.15. The SMILES string of the molecule is C[C@@H](O)[C@@H](O)[C@H](O)[C@H](O)c1nc2ccc(Cl)cc2[nH]1. The number of benzene rings is 1. The molecule has 104 valence electrons. The Labute approximate surface area is 114 Å². The van der Waals surface area contributed by atoms with Crippen LogP contribution in [0, 0.1) is 0 Å². The zero-order chi connectivity index (χ0) is 14.2. The lowest BCUT2D eigenvalue weighted by molar-refractivity contribution is -0.103. The molecule has 0 amide bonds. The highest BCUT2D eigenvalue weighted by Crippen LogP contribution is 2.23. The van der Waals surface area contributed by atoms with E-state index >= 15 is 0 Å². The Bertz CT molecular complexity index is 572. The molecule has 0 aliphatic heterocycles. The van der Waals surface area contributed by atoms with Gasteiger partial charge >= 0.3 is 0 Å². The maximum Gasteiger partial charge on any atom is 0.140 e. The molecule has 0 aliphatic carbocycles. The number of halogens is 1. The molecule has 5 N–H and O–H groups in total. The van der Waals surface area contributed by atoms with E-state index < -0.39 is 24.4 Å². The van der Waals surface area contributed by atoms with Crippen LogP contribution < -0.4 is 0 Å². The molecular formula is C12H15ClN2O4. The van der Waals surface area contributed by atoms with Crippen molar-refractivity contribution in [2.45, 2.75) is 31.3 Å². The van der Waals surface area contributed by atoms with Crippen molar-refractivity contribution in [3.8, 4) is 0 Å². The zero-order valence-electron chi connectivity index (χ0n) is 10.2. The summed E-state index contributed by atoms with van der Waals surface area (Å²) >= 11 is 5.83. The number of aromatic amines is 1. The molecule has 19 heavy (non-hydrogen) atoms. The summed E-state index contributed by atoms with van der Waals surface area (Å²) in [4.78, 5) is 6.91. The lowest BCUT2D eigenvalue weighted by Gasteiger charge is -2.23. The number of H-pyrrole nitrogens is 1. The molecule has 0 unspecified atom stereocenters. The number of aliphatic hydroxyl groups excluding tert-OH is 4. The molecular weight excluding hydrogens is 272 g/mol. The summed E-state index contributed by atoms with van der Waals surface area (Å²) in [5.74, 6) is 0.101. The van der Waals surface area contributed by atoms with Crippen molar-refractivity contribution >= 4 is 22.6 Å². The van der Waals surface area contributed by atoms with Crippen LogP contribution in [-0.4, -0.2) is 48.7 Å². The minimum Gasteiger partial charge on any atom is -0.391 e. The average molecular weight is 287 g/mol. The average Bonchev–Trinajstić information content (AvgIpc) is 2.78. The Balaban J connectivity index is 2.28. The van der Waals surface area contributed by atoms with Gasteiger partial charge in [-0.3, -0.25) is 0 Å². The van der Waals surface area contributed by atoms with E-state index in [9.17, 15) is 20.4 Å². The van der Waals surface area contributed by atoms with Gasteiger partial charge < -0.3 is 25.4 Å². The summed E-state index contributed by atoms with van der Waals surface area (Å²) < 4.78 is 0. The fourth-order valence-electron chi connectivity index (χ4n) is 1.78. The second-order valence-corrected chi connectivity index (χ2v) is 4.89. The molecule has 0 saturated carbocycles. The van der Waals surface area contributed by atoms with Crippen LogP contribution >= 0.6 is 11.6 Å². The van der Waals surface area contributed by atoms with Crippen LogP contribution in [0.25, 0.3) is 11.0 Å². The second-order valence-electron chi connectivity index (χ2n) is 4.45. The number of rotatable bonds is 4. The van der Waals surface area contributed by atoms with Gasteiger partial charge in [-0.05, 0) is 25.1 Å². The first kappa shape index (κ1) is 14.2. The van der Waals surface area contributed by atoms with E-state index in [1.807, 2.05) is 0 Å². The number of nitrogens with zero attached hydrogens (tertiary/aromatic N) is 1. The van der Waals surface area contributed by atoms with Gasteiger partial charge in [-0.25, -0.2) is 4.98 Å². The van der Waals surface area contributed by atoms with Crippen molar-refractivity contribution in [3.63, 3.8) is 0 Å². The number of aromatic nitrogens is 2. The van der Waals surface area contributed by atoms with Crippen LogP contribution in [0.15, 0.2) is 18.2 Å². The predicted molar refractivity (Wildman–Crippen MR) is 69.8 cm³/mol. The van der Waals surface area contributed by atoms with Crippen LogP contribution in [0.1, 0.15) is 18.9 Å². The number of imidazole rings is 1. The lowest BCUT2D eigenvalue weighted by Crippen LogP contribution is -2.39. The molecule has 6 nitrogen and oxygen atoms in total. The molecule has 0 saturated heterocycles. The van der Waals surface area contributed by atoms with Crippen molar-refractivity contribution < 1.29 is 20.4 Å². The molecule has 1 heterocycles. The first-order chi connectivity index (χ1) is 8.90. The molecule has 7 heteroatoms. The van der Waals surface area contributed by atoms with E-state index in [1.54, 1.807) is 18.2 Å². The summed E-state index contributed by atoms with van der Waals surface area (Å²) in [6, 6.07) is 4.96. The zero-order valence-corrected chi connectivity index (χ0v) is 10.9. The molecule has 1 aromatic carbocycles. The van der Waals surface area contributed by atoms with Crippen molar-refractivity contribution in [3.05, 3.63) is 29.0 Å². The number of fused-ring (bicyclic) bond motifs is 1. The highest BCUT2D eigenvalue weighted by molar-refractivity contribution is 6.31. The van der Waals surface area contributed by atoms with E-state index in [-0.39, 0.29) is 5.82 Å². The summed E-state index contributed by atoms with van der Waals surface area (Å²) in [5, 5.41) is 38.9. The maximum absolute atomic E-state index is 9.93. The van der Waals surface area contributed by atoms with Crippen LogP contribution in [0.5, 0.6) is 0 Å². The van der Waals surface area contributed by atoms with E-state index in [0.29, 0.717) is 16.1 Å². The van der Waals surface area contributed by atoms with Crippen molar-refractivity contribution in [1.82, 2.24) is 9.97 Å². The number of hydrogen-bond donors (Lipinski definition) is 5. The molecule has 2 rings (SSSR count). The lowest BCUT2D eigenvalue weighted by atomic mass is 10.0. The van der Waals surface area contributed by atoms with E-state index in [2.05, 4.69) is 9.97 Å². The monoisotopic (exact) mass is 286 g/mol. The molecule has 0 fully saturated rings. The maximum atomic E-state index is 9.93. The fraction of sp³-hybridized carbons (Fsp3) is 0.417. The molecule has 0 bridgehead atoms. The third kappa shape index (κ3) is 2.88. The Hall–Kier alpha value is -1.18. The smallest absolute Gasteiger partial charge is 0.140 e. The highest BCUT2D eigenvalue weighted by atomic mass is 35.5. The van der Waals surface area contributed by atoms with Gasteiger partial charge in [0.05, 0.1) is 17.1 Å². The van der Waals surface area contributed by atoms with Crippen LogP contribution in [0.3, 0.4) is 0 Å². The van der Waals surface area contributed by atoms with Crippen LogP contribution in [0.4, 0.5) is 0 Å². The van der Waals surface area contributed by atoms with E-state index in [1.165, 1.54) is 6.92 Å². The van der Waals surface area contributed by atoms with Gasteiger partial charge in [0.25, 0.3) is 0 Å². The van der Waals surface area contributed by atoms with Gasteiger partial charge in [0, 0.05) is 5.02 Å². The van der Waals surface area contributed by atoms with Gasteiger partial charge in [-0.1, -0.05) is 11.6 Å². The molecule has 0 spiro atoms. The Morgan fingerprint density at radius 3 is 2.47 bits per heavy atom. The minimum absolute atomic E-state index is 0.101. The predicted octanol–water partition coefficient (Wildman–Crippen LogP) is 0.352. The largest absolute Gasteiger partial charge is 0.391 e. The van der Waals surface area contributed by atoms with Crippen molar-refractivity contribution in [2.75, 3.05) is 0 Å². The van der Waals surface area contributed by atoms with Crippen molar-refractivity contribution in [2.24, 2.45) is 0 Å². The van der Waals surface area contributed by atoms with Gasteiger partial charge in [-0.2, -0.15) is 0 Å². The summed E-state index contributed by atoms with van der Waals surface area (Å²) in [5.41, 5.74) is 1.19. The number of nitrogens with one attached hydrogen (secondary N) is 1. The Morgan fingerprint density at radius 2 is 1.84 bits per heavy atom. The highest BCUT2D eigenvalue weighted by Gasteiger charge is 2.30. The normalized spacial score (nSPS) is 18.2. The van der Waals surface area contributed by atoms with Gasteiger partial charge in [0.1, 0.15) is 24.1 Å². The van der Waals surface area contributed by atoms with Crippen LogP contribution in [-0.2, 0) is 0 Å². The van der Waals surface area contributed by atoms with Crippen molar-refractivity contribution in [1.29, 1.82) is 0 Å². The minimum atomic E-state index is -1.55. The quantitative estimate of drug-likeness (QED) is 0.557. The number of hydrogen-bond acceptors (Lipinski definition) is 5. The Kier molecular flexibility index (Phi) is 4.07. The van der Waals surface area contributed by atoms with E-state index in [4.69, 9.17) is 11.6 Å². The van der Waals surface area contributed by atoms with Gasteiger partial charge in [0.2, 0.25) is 0 Å². The van der Waals surface area contributed by atoms with Gasteiger partial charge in [0.15, 0.2) is 0 Å². The third-order valence-electron chi connectivity index (χ3n) is 2.91. The molecule has 2 aromatic rings. The molecule has 0 radical (unpaired) electrons. The first-order valence-electron chi connectivity index (χ1n) is 5.77. The second kappa shape index (κ2) is 5.44. The number of aliphatic hydroxyl groups is 4.